The number of hydrogen-bond acceptors (Lipinski definition) is 2. The van der Waals surface area contributed by atoms with Crippen molar-refractivity contribution in [1.82, 2.24) is 10.3 Å². The van der Waals surface area contributed by atoms with E-state index < -0.39 is 11.6 Å². The van der Waals surface area contributed by atoms with Gasteiger partial charge in [0, 0.05) is 36.0 Å². The molecule has 0 spiro atoms. The Labute approximate surface area is 117 Å². The van der Waals surface area contributed by atoms with Gasteiger partial charge in [0.1, 0.15) is 11.6 Å². The molecule has 2 rings (SSSR count). The van der Waals surface area contributed by atoms with Gasteiger partial charge in [0.2, 0.25) is 0 Å². The smallest absolute Gasteiger partial charge is 0.130 e. The lowest BCUT2D eigenvalue weighted by atomic mass is 9.99. The zero-order chi connectivity index (χ0) is 14.5. The number of hydrogen-bond donors (Lipinski definition) is 1. The van der Waals surface area contributed by atoms with Gasteiger partial charge in [-0.25, -0.2) is 8.78 Å². The maximum atomic E-state index is 13.9. The Morgan fingerprint density at radius 2 is 2.05 bits per heavy atom. The maximum Gasteiger partial charge on any atom is 0.130 e. The molecule has 1 aromatic carbocycles. The lowest BCUT2D eigenvalue weighted by Gasteiger charge is -2.19. The second-order valence-corrected chi connectivity index (χ2v) is 4.75. The summed E-state index contributed by atoms with van der Waals surface area (Å²) in [4.78, 5) is 4.34. The average Bonchev–Trinajstić information content (AvgIpc) is 2.41. The predicted octanol–water partition coefficient (Wildman–Crippen LogP) is 3.56. The van der Waals surface area contributed by atoms with Gasteiger partial charge in [0.05, 0.1) is 0 Å². The first kappa shape index (κ1) is 14.6. The molecule has 2 aromatic rings. The molecule has 20 heavy (non-hydrogen) atoms. The Hall–Kier alpha value is -1.81. The molecule has 1 N–H and O–H groups in total. The normalized spacial score (nSPS) is 12.4. The van der Waals surface area contributed by atoms with Gasteiger partial charge in [-0.2, -0.15) is 0 Å². The monoisotopic (exact) mass is 276 g/mol. The van der Waals surface area contributed by atoms with Gasteiger partial charge in [0.25, 0.3) is 0 Å². The molecule has 1 atom stereocenters. The number of aryl methyl sites for hydroxylation is 1. The molecule has 0 radical (unpaired) electrons. The van der Waals surface area contributed by atoms with E-state index in [2.05, 4.69) is 10.3 Å². The third kappa shape index (κ3) is 3.39. The first-order valence-electron chi connectivity index (χ1n) is 6.70. The highest BCUT2D eigenvalue weighted by Gasteiger charge is 2.17. The Balaban J connectivity index is 2.29. The molecule has 0 aliphatic carbocycles. The van der Waals surface area contributed by atoms with Gasteiger partial charge in [0.15, 0.2) is 0 Å². The molecule has 0 amide bonds. The molecule has 1 aromatic heterocycles. The van der Waals surface area contributed by atoms with Crippen LogP contribution in [-0.4, -0.2) is 11.5 Å². The molecule has 106 valence electrons. The van der Waals surface area contributed by atoms with Crippen LogP contribution < -0.4 is 5.32 Å². The van der Waals surface area contributed by atoms with E-state index in [1.54, 1.807) is 6.20 Å². The fourth-order valence-corrected chi connectivity index (χ4v) is 2.25. The third-order valence-electron chi connectivity index (χ3n) is 3.30. The summed E-state index contributed by atoms with van der Waals surface area (Å²) in [6, 6.07) is 7.34. The van der Waals surface area contributed by atoms with Crippen LogP contribution in [0.25, 0.3) is 0 Å². The molecular formula is C16H18F2N2. The Morgan fingerprint density at radius 1 is 1.25 bits per heavy atom. The summed E-state index contributed by atoms with van der Waals surface area (Å²) in [6.07, 6.45) is 2.30. The number of likely N-dealkylation sites (N-methyl/N-ethyl adjacent to an activating group) is 1. The zero-order valence-electron chi connectivity index (χ0n) is 11.7. The number of rotatable bonds is 5. The summed E-state index contributed by atoms with van der Waals surface area (Å²) in [5, 5.41) is 3.23. The van der Waals surface area contributed by atoms with Crippen molar-refractivity contribution in [2.45, 2.75) is 26.3 Å². The Kier molecular flexibility index (Phi) is 4.79. The van der Waals surface area contributed by atoms with E-state index in [0.29, 0.717) is 18.5 Å². The van der Waals surface area contributed by atoms with Crippen LogP contribution in [0.1, 0.15) is 29.8 Å². The van der Waals surface area contributed by atoms with E-state index >= 15 is 0 Å². The standard InChI is InChI=1S/C16H18F2N2/c1-3-19-16(10-15-11(2)5-4-8-20-15)13-7-6-12(17)9-14(13)18/h4-9,16,19H,3,10H2,1-2H3. The maximum absolute atomic E-state index is 13.9. The summed E-state index contributed by atoms with van der Waals surface area (Å²) >= 11 is 0. The molecule has 2 nitrogen and oxygen atoms in total. The first-order valence-corrected chi connectivity index (χ1v) is 6.70. The first-order chi connectivity index (χ1) is 9.61. The van der Waals surface area contributed by atoms with E-state index in [-0.39, 0.29) is 6.04 Å². The molecule has 0 aliphatic heterocycles. The predicted molar refractivity (Wildman–Crippen MR) is 75.5 cm³/mol. The second kappa shape index (κ2) is 6.57. The van der Waals surface area contributed by atoms with Crippen LogP contribution in [0, 0.1) is 18.6 Å². The largest absolute Gasteiger partial charge is 0.310 e. The minimum atomic E-state index is -0.560. The highest BCUT2D eigenvalue weighted by Crippen LogP contribution is 2.22. The average molecular weight is 276 g/mol. The fraction of sp³-hybridized carbons (Fsp3) is 0.312. The lowest BCUT2D eigenvalue weighted by Crippen LogP contribution is -2.24. The minimum absolute atomic E-state index is 0.214. The van der Waals surface area contributed by atoms with Crippen LogP contribution in [0.15, 0.2) is 36.5 Å². The van der Waals surface area contributed by atoms with Crippen molar-refractivity contribution in [1.29, 1.82) is 0 Å². The van der Waals surface area contributed by atoms with Crippen molar-refractivity contribution >= 4 is 0 Å². The van der Waals surface area contributed by atoms with Crippen molar-refractivity contribution in [2.24, 2.45) is 0 Å². The molecule has 0 saturated heterocycles. The van der Waals surface area contributed by atoms with E-state index in [0.717, 1.165) is 17.3 Å². The summed E-state index contributed by atoms with van der Waals surface area (Å²) in [5.74, 6) is -1.08. The summed E-state index contributed by atoms with van der Waals surface area (Å²) in [5.41, 5.74) is 2.46. The topological polar surface area (TPSA) is 24.9 Å². The summed E-state index contributed by atoms with van der Waals surface area (Å²) in [6.45, 7) is 4.64. The van der Waals surface area contributed by atoms with Crippen molar-refractivity contribution in [3.05, 3.63) is 65.0 Å². The number of nitrogens with zero attached hydrogens (tertiary/aromatic N) is 1. The Bertz CT molecular complexity index is 584. The zero-order valence-corrected chi connectivity index (χ0v) is 11.7. The van der Waals surface area contributed by atoms with E-state index in [1.165, 1.54) is 12.1 Å². The summed E-state index contributed by atoms with van der Waals surface area (Å²) in [7, 11) is 0. The van der Waals surface area contributed by atoms with Crippen LogP contribution in [0.5, 0.6) is 0 Å². The van der Waals surface area contributed by atoms with Crippen LogP contribution in [0.3, 0.4) is 0 Å². The molecular weight excluding hydrogens is 258 g/mol. The number of benzene rings is 1. The van der Waals surface area contributed by atoms with Crippen molar-refractivity contribution < 1.29 is 8.78 Å². The van der Waals surface area contributed by atoms with Gasteiger partial charge in [-0.15, -0.1) is 0 Å². The molecule has 0 fully saturated rings. The molecule has 0 bridgehead atoms. The van der Waals surface area contributed by atoms with Crippen LogP contribution in [0.2, 0.25) is 0 Å². The van der Waals surface area contributed by atoms with E-state index in [1.807, 2.05) is 26.0 Å². The van der Waals surface area contributed by atoms with Crippen molar-refractivity contribution in [3.8, 4) is 0 Å². The van der Waals surface area contributed by atoms with Gasteiger partial charge in [-0.1, -0.05) is 19.1 Å². The third-order valence-corrected chi connectivity index (χ3v) is 3.30. The lowest BCUT2D eigenvalue weighted by molar-refractivity contribution is 0.498. The van der Waals surface area contributed by atoms with E-state index in [4.69, 9.17) is 0 Å². The van der Waals surface area contributed by atoms with E-state index in [9.17, 15) is 8.78 Å². The number of aromatic nitrogens is 1. The number of nitrogens with one attached hydrogen (secondary N) is 1. The van der Waals surface area contributed by atoms with Gasteiger partial charge >= 0.3 is 0 Å². The quantitative estimate of drug-likeness (QED) is 0.903. The van der Waals surface area contributed by atoms with Crippen LogP contribution in [0.4, 0.5) is 8.78 Å². The van der Waals surface area contributed by atoms with Crippen LogP contribution in [-0.2, 0) is 6.42 Å². The number of halogens is 2. The van der Waals surface area contributed by atoms with Gasteiger partial charge in [-0.3, -0.25) is 4.98 Å². The molecule has 0 saturated carbocycles. The van der Waals surface area contributed by atoms with Crippen molar-refractivity contribution in [3.63, 3.8) is 0 Å². The second-order valence-electron chi connectivity index (χ2n) is 4.75. The van der Waals surface area contributed by atoms with Gasteiger partial charge in [-0.05, 0) is 31.2 Å². The summed E-state index contributed by atoms with van der Waals surface area (Å²) < 4.78 is 26.9. The van der Waals surface area contributed by atoms with Crippen LogP contribution >= 0.6 is 0 Å². The fourth-order valence-electron chi connectivity index (χ4n) is 2.25. The highest BCUT2D eigenvalue weighted by atomic mass is 19.1. The van der Waals surface area contributed by atoms with Crippen molar-refractivity contribution in [2.75, 3.05) is 6.54 Å². The molecule has 0 aliphatic rings. The number of pyridine rings is 1. The minimum Gasteiger partial charge on any atom is -0.310 e. The van der Waals surface area contributed by atoms with Gasteiger partial charge < -0.3 is 5.32 Å². The molecule has 1 heterocycles. The molecule has 1 unspecified atom stereocenters. The highest BCUT2D eigenvalue weighted by molar-refractivity contribution is 5.26. The SMILES string of the molecule is CCNC(Cc1ncccc1C)c1ccc(F)cc1F. The Morgan fingerprint density at radius 3 is 2.70 bits per heavy atom. The molecule has 4 heteroatoms.